The lowest BCUT2D eigenvalue weighted by Crippen LogP contribution is -2.23. The Bertz CT molecular complexity index is 926. The normalized spacial score (nSPS) is 14.9. The third kappa shape index (κ3) is 4.27. The maximum absolute atomic E-state index is 13.1. The van der Waals surface area contributed by atoms with Crippen LogP contribution in [0.3, 0.4) is 0 Å². The number of aromatic amines is 1. The van der Waals surface area contributed by atoms with Crippen LogP contribution in [0.5, 0.6) is 0 Å². The van der Waals surface area contributed by atoms with E-state index < -0.39 is 0 Å². The maximum atomic E-state index is 13.1. The molecule has 2 aromatic heterocycles. The molecule has 8 heteroatoms. The topological polar surface area (TPSA) is 88.5 Å². The number of H-pyrrole nitrogens is 1. The number of hydrogen-bond donors (Lipinski definition) is 2. The van der Waals surface area contributed by atoms with E-state index in [4.69, 9.17) is 0 Å². The van der Waals surface area contributed by atoms with E-state index in [9.17, 15) is 9.18 Å². The molecule has 0 radical (unpaired) electrons. The summed E-state index contributed by atoms with van der Waals surface area (Å²) in [6.07, 6.45) is 9.65. The fourth-order valence-electron chi connectivity index (χ4n) is 3.70. The Kier molecular flexibility index (Phi) is 5.45. The minimum atomic E-state index is -0.297. The average Bonchev–Trinajstić information content (AvgIpc) is 3.37. The Morgan fingerprint density at radius 2 is 2.00 bits per heavy atom. The number of carbonyl (C=O) groups excluding carboxylic acids is 1. The van der Waals surface area contributed by atoms with Crippen molar-refractivity contribution in [1.82, 2.24) is 30.5 Å². The molecule has 7 nitrogen and oxygen atoms in total. The first-order chi connectivity index (χ1) is 13.7. The van der Waals surface area contributed by atoms with E-state index in [2.05, 4.69) is 25.8 Å². The van der Waals surface area contributed by atoms with Gasteiger partial charge >= 0.3 is 0 Å². The predicted octanol–water partition coefficient (Wildman–Crippen LogP) is 3.32. The van der Waals surface area contributed by atoms with Gasteiger partial charge in [0.1, 0.15) is 5.82 Å². The van der Waals surface area contributed by atoms with Gasteiger partial charge in [0.2, 0.25) is 0 Å². The molecule has 1 fully saturated rings. The van der Waals surface area contributed by atoms with E-state index in [1.54, 1.807) is 29.2 Å². The molecule has 1 aliphatic carbocycles. The average molecular weight is 382 g/mol. The molecule has 1 saturated carbocycles. The highest BCUT2D eigenvalue weighted by molar-refractivity contribution is 5.91. The van der Waals surface area contributed by atoms with Crippen LogP contribution in [0, 0.1) is 11.7 Å². The molecular formula is C20H23FN6O. The van der Waals surface area contributed by atoms with E-state index in [0.29, 0.717) is 11.6 Å². The first-order valence-electron chi connectivity index (χ1n) is 9.65. The Hall–Kier alpha value is -3.03. The second-order valence-electron chi connectivity index (χ2n) is 7.29. The van der Waals surface area contributed by atoms with Gasteiger partial charge < -0.3 is 5.32 Å². The highest BCUT2D eigenvalue weighted by Gasteiger charge is 2.17. The summed E-state index contributed by atoms with van der Waals surface area (Å²) in [5.74, 6) is 0.0474. The van der Waals surface area contributed by atoms with Crippen LogP contribution in [-0.2, 0) is 13.1 Å². The lowest BCUT2D eigenvalue weighted by molar-refractivity contribution is 0.0946. The summed E-state index contributed by atoms with van der Waals surface area (Å²) in [6, 6.07) is 6.13. The fourth-order valence-corrected chi connectivity index (χ4v) is 3.70. The van der Waals surface area contributed by atoms with Gasteiger partial charge in [-0.05, 0) is 43.0 Å². The number of hydrogen-bond acceptors (Lipinski definition) is 4. The van der Waals surface area contributed by atoms with Crippen LogP contribution in [0.15, 0.2) is 36.7 Å². The minimum Gasteiger partial charge on any atom is -0.346 e. The van der Waals surface area contributed by atoms with E-state index in [0.717, 1.165) is 23.4 Å². The van der Waals surface area contributed by atoms with Gasteiger partial charge in [-0.25, -0.2) is 4.39 Å². The van der Waals surface area contributed by atoms with Gasteiger partial charge in [0.15, 0.2) is 5.69 Å². The van der Waals surface area contributed by atoms with Crippen molar-refractivity contribution < 1.29 is 9.18 Å². The molecule has 146 valence electrons. The zero-order chi connectivity index (χ0) is 19.3. The van der Waals surface area contributed by atoms with Crippen molar-refractivity contribution in [1.29, 1.82) is 0 Å². The van der Waals surface area contributed by atoms with Gasteiger partial charge in [0.05, 0.1) is 18.1 Å². The molecule has 0 bridgehead atoms. The lowest BCUT2D eigenvalue weighted by Gasteiger charge is -2.20. The van der Waals surface area contributed by atoms with Crippen LogP contribution in [-0.4, -0.2) is 31.1 Å². The molecule has 0 spiro atoms. The standard InChI is InChI=1S/C20H23FN6O/c21-17-8-6-15(7-9-17)19-16(11-23-25-19)10-22-20(28)18-13-27(26-24-18)12-14-4-2-1-3-5-14/h6-9,11,13-14H,1-5,10,12H2,(H,22,28)(H,23,25). The number of aromatic nitrogens is 5. The van der Waals surface area contributed by atoms with Gasteiger partial charge in [-0.2, -0.15) is 5.10 Å². The maximum Gasteiger partial charge on any atom is 0.273 e. The van der Waals surface area contributed by atoms with Gasteiger partial charge in [0.25, 0.3) is 5.91 Å². The molecule has 4 rings (SSSR count). The number of nitrogens with zero attached hydrogens (tertiary/aromatic N) is 4. The summed E-state index contributed by atoms with van der Waals surface area (Å²) in [5.41, 5.74) is 2.68. The molecule has 0 saturated heterocycles. The summed E-state index contributed by atoms with van der Waals surface area (Å²) >= 11 is 0. The van der Waals surface area contributed by atoms with Crippen molar-refractivity contribution in [2.75, 3.05) is 0 Å². The van der Waals surface area contributed by atoms with Crippen molar-refractivity contribution >= 4 is 5.91 Å². The van der Waals surface area contributed by atoms with Gasteiger partial charge in [-0.15, -0.1) is 5.10 Å². The van der Waals surface area contributed by atoms with Crippen molar-refractivity contribution in [2.45, 2.75) is 45.2 Å². The monoisotopic (exact) mass is 382 g/mol. The number of benzene rings is 1. The van der Waals surface area contributed by atoms with E-state index >= 15 is 0 Å². The quantitative estimate of drug-likeness (QED) is 0.684. The Morgan fingerprint density at radius 3 is 2.79 bits per heavy atom. The Balaban J connectivity index is 1.36. The highest BCUT2D eigenvalue weighted by Crippen LogP contribution is 2.25. The number of rotatable bonds is 6. The van der Waals surface area contributed by atoms with Crippen LogP contribution in [0.2, 0.25) is 0 Å². The molecule has 0 unspecified atom stereocenters. The third-order valence-corrected chi connectivity index (χ3v) is 5.23. The zero-order valence-corrected chi connectivity index (χ0v) is 15.6. The van der Waals surface area contributed by atoms with Crippen molar-refractivity contribution in [2.24, 2.45) is 5.92 Å². The molecule has 2 N–H and O–H groups in total. The molecular weight excluding hydrogens is 359 g/mol. The lowest BCUT2D eigenvalue weighted by atomic mass is 9.89. The van der Waals surface area contributed by atoms with Crippen LogP contribution < -0.4 is 5.32 Å². The number of nitrogens with one attached hydrogen (secondary N) is 2. The SMILES string of the molecule is O=C(NCc1cn[nH]c1-c1ccc(F)cc1)c1cn(CC2CCCCC2)nn1. The fraction of sp³-hybridized carbons (Fsp3) is 0.400. The molecule has 3 aromatic rings. The van der Waals surface area contributed by atoms with Crippen LogP contribution in [0.25, 0.3) is 11.3 Å². The van der Waals surface area contributed by atoms with Gasteiger partial charge in [0, 0.05) is 24.2 Å². The largest absolute Gasteiger partial charge is 0.346 e. The summed E-state index contributed by atoms with van der Waals surface area (Å²) in [7, 11) is 0. The van der Waals surface area contributed by atoms with Crippen molar-refractivity contribution in [3.05, 3.63) is 53.7 Å². The van der Waals surface area contributed by atoms with E-state index in [1.165, 1.54) is 44.2 Å². The molecule has 0 atom stereocenters. The van der Waals surface area contributed by atoms with Crippen molar-refractivity contribution in [3.63, 3.8) is 0 Å². The smallest absolute Gasteiger partial charge is 0.273 e. The predicted molar refractivity (Wildman–Crippen MR) is 102 cm³/mol. The van der Waals surface area contributed by atoms with Gasteiger partial charge in [-0.3, -0.25) is 14.6 Å². The summed E-state index contributed by atoms with van der Waals surface area (Å²) in [5, 5.41) is 17.9. The highest BCUT2D eigenvalue weighted by atomic mass is 19.1. The first-order valence-corrected chi connectivity index (χ1v) is 9.65. The molecule has 28 heavy (non-hydrogen) atoms. The molecule has 0 aliphatic heterocycles. The molecule has 1 aromatic carbocycles. The van der Waals surface area contributed by atoms with Crippen LogP contribution >= 0.6 is 0 Å². The second kappa shape index (κ2) is 8.33. The van der Waals surface area contributed by atoms with E-state index in [1.807, 2.05) is 0 Å². The summed E-state index contributed by atoms with van der Waals surface area (Å²) in [6.45, 7) is 1.11. The number of carbonyl (C=O) groups is 1. The van der Waals surface area contributed by atoms with Gasteiger partial charge in [-0.1, -0.05) is 24.5 Å². The van der Waals surface area contributed by atoms with Crippen LogP contribution in [0.1, 0.15) is 48.2 Å². The summed E-state index contributed by atoms with van der Waals surface area (Å²) < 4.78 is 14.9. The minimum absolute atomic E-state index is 0.277. The molecule has 1 amide bonds. The zero-order valence-electron chi connectivity index (χ0n) is 15.6. The van der Waals surface area contributed by atoms with E-state index in [-0.39, 0.29) is 18.3 Å². The van der Waals surface area contributed by atoms with Crippen LogP contribution in [0.4, 0.5) is 4.39 Å². The summed E-state index contributed by atoms with van der Waals surface area (Å²) in [4.78, 5) is 12.4. The number of halogens is 1. The van der Waals surface area contributed by atoms with Crippen molar-refractivity contribution in [3.8, 4) is 11.3 Å². The number of amides is 1. The second-order valence-corrected chi connectivity index (χ2v) is 7.29. The Morgan fingerprint density at radius 1 is 1.21 bits per heavy atom. The Labute approximate surface area is 162 Å². The molecule has 1 aliphatic rings. The molecule has 2 heterocycles. The third-order valence-electron chi connectivity index (χ3n) is 5.23. The first kappa shape index (κ1) is 18.3.